The molecule has 2 heterocycles. The third-order valence-corrected chi connectivity index (χ3v) is 10.4. The zero-order valence-electron chi connectivity index (χ0n) is 40.1. The molecule has 3 N–H and O–H groups in total. The van der Waals surface area contributed by atoms with Crippen molar-refractivity contribution in [1.82, 2.24) is 20.9 Å². The summed E-state index contributed by atoms with van der Waals surface area (Å²) in [6.07, 6.45) is -8.06. The van der Waals surface area contributed by atoms with Crippen molar-refractivity contribution in [3.8, 4) is 22.3 Å². The van der Waals surface area contributed by atoms with E-state index in [1.54, 1.807) is 17.0 Å². The third-order valence-electron chi connectivity index (χ3n) is 10.4. The van der Waals surface area contributed by atoms with Gasteiger partial charge in [0.1, 0.15) is 41.7 Å². The van der Waals surface area contributed by atoms with E-state index in [4.69, 9.17) is 28.5 Å². The first-order valence-corrected chi connectivity index (χ1v) is 22.5. The first-order chi connectivity index (χ1) is 32.7. The van der Waals surface area contributed by atoms with Gasteiger partial charge in [-0.05, 0) is 69.0 Å². The number of nitrogens with one attached hydrogen (secondary N) is 3. The molecule has 4 atom stereocenters. The monoisotopic (exact) mass is 970 g/mol. The van der Waals surface area contributed by atoms with E-state index < -0.39 is 42.5 Å². The number of aryl methyl sites for hydroxylation is 2. The van der Waals surface area contributed by atoms with Crippen LogP contribution in [0.25, 0.3) is 22.3 Å². The van der Waals surface area contributed by atoms with Crippen LogP contribution >= 0.6 is 0 Å². The molecule has 0 radical (unpaired) electrons. The number of rotatable bonds is 14. The van der Waals surface area contributed by atoms with Crippen molar-refractivity contribution in [1.29, 1.82) is 0 Å². The van der Waals surface area contributed by atoms with Gasteiger partial charge in [-0.2, -0.15) is 13.2 Å². The molecule has 13 nitrogen and oxygen atoms in total. The number of aldehydes is 1. The van der Waals surface area contributed by atoms with Gasteiger partial charge in [0, 0.05) is 57.7 Å². The minimum absolute atomic E-state index is 0.109. The summed E-state index contributed by atoms with van der Waals surface area (Å²) < 4.78 is 91.3. The topological polar surface area (TPSA) is 154 Å². The van der Waals surface area contributed by atoms with Crippen LogP contribution in [-0.2, 0) is 38.1 Å². The van der Waals surface area contributed by atoms with Gasteiger partial charge in [-0.15, -0.1) is 0 Å². The number of halogens is 5. The van der Waals surface area contributed by atoms with E-state index >= 15 is 4.39 Å². The van der Waals surface area contributed by atoms with Gasteiger partial charge in [-0.1, -0.05) is 83.9 Å². The van der Waals surface area contributed by atoms with Crippen LogP contribution in [0.5, 0.6) is 0 Å². The lowest BCUT2D eigenvalue weighted by atomic mass is 9.92. The van der Waals surface area contributed by atoms with Gasteiger partial charge in [-0.25, -0.2) is 13.6 Å². The maximum Gasteiger partial charge on any atom is 0.446 e. The third kappa shape index (κ3) is 18.6. The van der Waals surface area contributed by atoms with Crippen LogP contribution in [0.1, 0.15) is 69.1 Å². The van der Waals surface area contributed by atoms with Crippen molar-refractivity contribution in [2.45, 2.75) is 84.7 Å². The lowest BCUT2D eigenvalue weighted by Gasteiger charge is -2.38. The molecule has 0 saturated carbocycles. The van der Waals surface area contributed by atoms with Gasteiger partial charge in [0.25, 0.3) is 0 Å². The van der Waals surface area contributed by atoms with Crippen LogP contribution in [0, 0.1) is 25.5 Å². The SMILES string of the molecule is CC(=O)NCCO[C@@H](c1cccc(F)c1-c1cccc(C)c1)[C@H]1CN(C(=O)OC(C)(C)C)CCO1.CC(=O)NCCO[C@@H](c1cccc(F)c1-c1cccc(C)c1)[C@H]1CNCCO1.O=CC(F)(F)F. The Morgan fingerprint density at radius 1 is 0.754 bits per heavy atom. The van der Waals surface area contributed by atoms with Crippen LogP contribution in [0.3, 0.4) is 0 Å². The molecule has 0 aromatic heterocycles. The number of carbonyl (C=O) groups excluding carboxylic acids is 4. The molecule has 6 rings (SSSR count). The number of nitrogens with zero attached hydrogens (tertiary/aromatic N) is 1. The molecule has 2 aliphatic rings. The van der Waals surface area contributed by atoms with E-state index in [-0.39, 0.29) is 42.7 Å². The highest BCUT2D eigenvalue weighted by molar-refractivity contribution is 5.73. The molecule has 69 heavy (non-hydrogen) atoms. The second-order valence-electron chi connectivity index (χ2n) is 17.3. The Bertz CT molecular complexity index is 2300. The average Bonchev–Trinajstić information content (AvgIpc) is 3.29. The van der Waals surface area contributed by atoms with Crippen LogP contribution in [-0.4, -0.2) is 119 Å². The Morgan fingerprint density at radius 3 is 1.64 bits per heavy atom. The summed E-state index contributed by atoms with van der Waals surface area (Å²) in [6.45, 7) is 16.4. The Morgan fingerprint density at radius 2 is 1.22 bits per heavy atom. The molecule has 0 bridgehead atoms. The van der Waals surface area contributed by atoms with Gasteiger partial charge >= 0.3 is 12.3 Å². The van der Waals surface area contributed by atoms with Crippen molar-refractivity contribution in [2.75, 3.05) is 65.7 Å². The van der Waals surface area contributed by atoms with E-state index in [2.05, 4.69) is 16.0 Å². The molecular formula is C51H63F5N4O9. The molecule has 376 valence electrons. The zero-order chi connectivity index (χ0) is 50.7. The molecule has 3 amide bonds. The smallest absolute Gasteiger partial charge is 0.444 e. The van der Waals surface area contributed by atoms with Crippen molar-refractivity contribution >= 4 is 24.2 Å². The van der Waals surface area contributed by atoms with E-state index in [1.165, 1.54) is 26.0 Å². The zero-order valence-corrected chi connectivity index (χ0v) is 40.1. The standard InChI is InChI=1S/C27H35FN2O5.C22H27FN2O3.C2HF3O/c1-18-8-6-9-20(16-18)24-21(10-7-11-22(24)28)25(34-14-12-29-19(2)31)23-17-30(13-15-33-23)26(32)35-27(3,4)5;1-15-5-3-6-17(13-15)21-18(7-4-8-19(21)23)22(20-14-24-9-11-27-20)28-12-10-25-16(2)26;3-2(4,5)1-6/h6-11,16,23,25H,12-15,17H2,1-5H3,(H,29,31);3-8,13,20,22,24H,9-12,14H2,1-2H3,(H,25,26);1H/t23-,25+;20-,22+;/m11./s1. The fraction of sp³-hybridized carbons (Fsp3) is 0.451. The maximum absolute atomic E-state index is 15.2. The van der Waals surface area contributed by atoms with Crippen molar-refractivity contribution in [3.63, 3.8) is 0 Å². The van der Waals surface area contributed by atoms with E-state index in [9.17, 15) is 31.9 Å². The van der Waals surface area contributed by atoms with Gasteiger partial charge in [-0.3, -0.25) is 14.4 Å². The summed E-state index contributed by atoms with van der Waals surface area (Å²) in [5.41, 5.74) is 5.32. The Balaban J connectivity index is 0.000000274. The number of morpholine rings is 2. The summed E-state index contributed by atoms with van der Waals surface area (Å²) in [4.78, 5) is 45.5. The summed E-state index contributed by atoms with van der Waals surface area (Å²) in [6, 6.07) is 25.3. The minimum atomic E-state index is -4.64. The Labute approximate surface area is 400 Å². The van der Waals surface area contributed by atoms with Gasteiger partial charge in [0.05, 0.1) is 33.0 Å². The molecule has 18 heteroatoms. The van der Waals surface area contributed by atoms with E-state index in [0.29, 0.717) is 62.7 Å². The Hall–Kier alpha value is -5.79. The van der Waals surface area contributed by atoms with Gasteiger partial charge < -0.3 is 44.5 Å². The fourth-order valence-electron chi connectivity index (χ4n) is 7.52. The highest BCUT2D eigenvalue weighted by atomic mass is 19.4. The first kappa shape index (κ1) is 55.8. The normalized spacial score (nSPS) is 16.9. The predicted octanol–water partition coefficient (Wildman–Crippen LogP) is 8.36. The molecule has 2 aliphatic heterocycles. The largest absolute Gasteiger partial charge is 0.446 e. The number of hydrogen-bond acceptors (Lipinski definition) is 10. The summed E-state index contributed by atoms with van der Waals surface area (Å²) in [5, 5.41) is 8.74. The minimum Gasteiger partial charge on any atom is -0.444 e. The number of carbonyl (C=O) groups is 4. The quantitative estimate of drug-likeness (QED) is 0.0639. The molecular weight excluding hydrogens is 908 g/mol. The highest BCUT2D eigenvalue weighted by Crippen LogP contribution is 2.38. The van der Waals surface area contributed by atoms with E-state index in [0.717, 1.165) is 34.4 Å². The molecule has 0 unspecified atom stereocenters. The van der Waals surface area contributed by atoms with Gasteiger partial charge in [0.15, 0.2) is 0 Å². The van der Waals surface area contributed by atoms with Crippen LogP contribution in [0.2, 0.25) is 0 Å². The number of amides is 3. The number of ether oxygens (including phenoxy) is 5. The molecule has 0 aliphatic carbocycles. The van der Waals surface area contributed by atoms with Crippen LogP contribution in [0.4, 0.5) is 26.7 Å². The summed E-state index contributed by atoms with van der Waals surface area (Å²) in [7, 11) is 0. The first-order valence-electron chi connectivity index (χ1n) is 22.5. The molecule has 0 spiro atoms. The van der Waals surface area contributed by atoms with E-state index in [1.807, 2.05) is 95.3 Å². The Kier molecular flexibility index (Phi) is 21.7. The molecule has 2 saturated heterocycles. The summed E-state index contributed by atoms with van der Waals surface area (Å²) >= 11 is 0. The number of hydrogen-bond donors (Lipinski definition) is 3. The number of alkyl halides is 3. The van der Waals surface area contributed by atoms with Crippen LogP contribution < -0.4 is 16.0 Å². The number of benzene rings is 4. The highest BCUT2D eigenvalue weighted by Gasteiger charge is 2.36. The average molecular weight is 971 g/mol. The van der Waals surface area contributed by atoms with Crippen molar-refractivity contribution in [2.24, 2.45) is 0 Å². The fourth-order valence-corrected chi connectivity index (χ4v) is 7.52. The maximum atomic E-state index is 15.2. The summed E-state index contributed by atoms with van der Waals surface area (Å²) in [5.74, 6) is -0.936. The van der Waals surface area contributed by atoms with Crippen LogP contribution in [0.15, 0.2) is 84.9 Å². The predicted molar refractivity (Wildman–Crippen MR) is 250 cm³/mol. The molecule has 4 aromatic carbocycles. The second kappa shape index (κ2) is 26.8. The lowest BCUT2D eigenvalue weighted by Crippen LogP contribution is -2.49. The molecule has 2 fully saturated rings. The van der Waals surface area contributed by atoms with Crippen molar-refractivity contribution in [3.05, 3.63) is 119 Å². The van der Waals surface area contributed by atoms with Crippen molar-refractivity contribution < 1.29 is 64.8 Å². The second-order valence-corrected chi connectivity index (χ2v) is 17.3. The van der Waals surface area contributed by atoms with Gasteiger partial charge in [0.2, 0.25) is 18.1 Å². The molecule has 4 aromatic rings. The lowest BCUT2D eigenvalue weighted by molar-refractivity contribution is -0.156.